The number of nitrogens with one attached hydrogen (secondary N) is 1. The molecule has 1 aromatic carbocycles. The first kappa shape index (κ1) is 20.2. The number of aryl methyl sites for hydroxylation is 1. The number of thioether (sulfide) groups is 1. The summed E-state index contributed by atoms with van der Waals surface area (Å²) in [5.74, 6) is 0.136. The Morgan fingerprint density at radius 2 is 2.21 bits per heavy atom. The number of rotatable bonds is 7. The van der Waals surface area contributed by atoms with Gasteiger partial charge in [-0.3, -0.25) is 4.79 Å². The van der Waals surface area contributed by atoms with Gasteiger partial charge in [0.05, 0.1) is 12.1 Å². The van der Waals surface area contributed by atoms with Crippen molar-refractivity contribution in [1.29, 1.82) is 0 Å². The molecule has 4 rings (SSSR count). The van der Waals surface area contributed by atoms with E-state index in [4.69, 9.17) is 23.1 Å². The van der Waals surface area contributed by atoms with E-state index < -0.39 is 5.82 Å². The minimum absolute atomic E-state index is 0.0253. The van der Waals surface area contributed by atoms with Crippen molar-refractivity contribution in [3.63, 3.8) is 0 Å². The largest absolute Gasteiger partial charge is 0.399 e. The lowest BCUT2D eigenvalue weighted by atomic mass is 9.83. The number of fused-ring (bicyclic) bond motifs is 2. The first-order valence-corrected chi connectivity index (χ1v) is 11.0. The second kappa shape index (κ2) is 8.36. The van der Waals surface area contributed by atoms with Crippen molar-refractivity contribution >= 4 is 40.8 Å². The molecule has 0 aliphatic heterocycles. The zero-order chi connectivity index (χ0) is 20.5. The molecule has 2 aliphatic carbocycles. The molecule has 29 heavy (non-hydrogen) atoms. The molecule has 2 aromatic rings. The van der Waals surface area contributed by atoms with Crippen LogP contribution in [-0.4, -0.2) is 32.9 Å². The molecule has 5 N–H and O–H groups in total. The average molecular weight is 436 g/mol. The van der Waals surface area contributed by atoms with Gasteiger partial charge in [-0.2, -0.15) is 16.7 Å². The SMILES string of the molecule is NC(=O)[C@H]1[C@H]2C[C@@H]([C@H]1Nc1nc(Cl)ncc1F)[C@H](SCCc1cccc(N)c1)C2. The molecule has 9 heteroatoms. The summed E-state index contributed by atoms with van der Waals surface area (Å²) in [6.07, 6.45) is 3.81. The van der Waals surface area contributed by atoms with Crippen molar-refractivity contribution in [2.24, 2.45) is 23.5 Å². The summed E-state index contributed by atoms with van der Waals surface area (Å²) in [4.78, 5) is 19.7. The lowest BCUT2D eigenvalue weighted by Crippen LogP contribution is -2.46. The zero-order valence-corrected chi connectivity index (χ0v) is 17.3. The molecule has 2 saturated carbocycles. The van der Waals surface area contributed by atoms with Crippen molar-refractivity contribution in [3.05, 3.63) is 47.1 Å². The minimum atomic E-state index is -0.591. The minimum Gasteiger partial charge on any atom is -0.399 e. The van der Waals surface area contributed by atoms with Crippen LogP contribution in [0, 0.1) is 23.6 Å². The lowest BCUT2D eigenvalue weighted by molar-refractivity contribution is -0.123. The Morgan fingerprint density at radius 1 is 1.38 bits per heavy atom. The van der Waals surface area contributed by atoms with Gasteiger partial charge in [0.2, 0.25) is 11.2 Å². The summed E-state index contributed by atoms with van der Waals surface area (Å²) in [6.45, 7) is 0. The number of anilines is 2. The van der Waals surface area contributed by atoms with Gasteiger partial charge in [-0.15, -0.1) is 0 Å². The normalized spacial score (nSPS) is 27.9. The maximum atomic E-state index is 14.1. The third-order valence-electron chi connectivity index (χ3n) is 5.96. The maximum absolute atomic E-state index is 14.1. The second-order valence-electron chi connectivity index (χ2n) is 7.73. The van der Waals surface area contributed by atoms with Gasteiger partial charge >= 0.3 is 0 Å². The lowest BCUT2D eigenvalue weighted by Gasteiger charge is -2.35. The van der Waals surface area contributed by atoms with E-state index >= 15 is 0 Å². The predicted octanol–water partition coefficient (Wildman–Crippen LogP) is 3.12. The van der Waals surface area contributed by atoms with Gasteiger partial charge in [0, 0.05) is 17.0 Å². The average Bonchev–Trinajstić information content (AvgIpc) is 3.23. The number of nitrogens with two attached hydrogens (primary N) is 2. The molecule has 2 aliphatic rings. The molecule has 154 valence electrons. The number of aromatic nitrogens is 2. The monoisotopic (exact) mass is 435 g/mol. The van der Waals surface area contributed by atoms with Crippen molar-refractivity contribution in [2.75, 3.05) is 16.8 Å². The fourth-order valence-corrected chi connectivity index (χ4v) is 6.48. The Morgan fingerprint density at radius 3 is 2.97 bits per heavy atom. The summed E-state index contributed by atoms with van der Waals surface area (Å²) in [5, 5.41) is 3.46. The molecule has 2 fully saturated rings. The van der Waals surface area contributed by atoms with Gasteiger partial charge in [0.15, 0.2) is 11.6 Å². The molecule has 6 nitrogen and oxygen atoms in total. The first-order chi connectivity index (χ1) is 13.9. The van der Waals surface area contributed by atoms with E-state index in [1.165, 1.54) is 5.56 Å². The highest BCUT2D eigenvalue weighted by Crippen LogP contribution is 2.53. The van der Waals surface area contributed by atoms with Crippen LogP contribution in [0.15, 0.2) is 30.5 Å². The van der Waals surface area contributed by atoms with Crippen LogP contribution in [-0.2, 0) is 11.2 Å². The summed E-state index contributed by atoms with van der Waals surface area (Å²) < 4.78 is 14.1. The molecular formula is C20H23ClFN5OS. The molecular weight excluding hydrogens is 413 g/mol. The van der Waals surface area contributed by atoms with E-state index in [2.05, 4.69) is 21.4 Å². The number of benzene rings is 1. The highest BCUT2D eigenvalue weighted by atomic mass is 35.5. The van der Waals surface area contributed by atoms with Crippen LogP contribution in [0.4, 0.5) is 15.9 Å². The standard InChI is InChI=1S/C20H23ClFN5OS/c21-20-25-9-14(22)19(27-20)26-17-13-7-11(16(17)18(24)28)8-15(13)29-5-4-10-2-1-3-12(23)6-10/h1-3,6,9,11,13,15-17H,4-5,7-8,23H2,(H2,24,28)(H,25,26,27)/t11-,13+,15+,16-,17+/m0/s1. The quantitative estimate of drug-likeness (QED) is 0.455. The molecule has 1 aromatic heterocycles. The number of primary amides is 1. The summed E-state index contributed by atoms with van der Waals surface area (Å²) in [7, 11) is 0. The Kier molecular flexibility index (Phi) is 5.83. The van der Waals surface area contributed by atoms with Gasteiger partial charge in [-0.05, 0) is 66.1 Å². The predicted molar refractivity (Wildman–Crippen MR) is 114 cm³/mol. The summed E-state index contributed by atoms with van der Waals surface area (Å²) in [5.41, 5.74) is 13.5. The Hall–Kier alpha value is -2.06. The number of halogens is 2. The summed E-state index contributed by atoms with van der Waals surface area (Å²) >= 11 is 7.71. The van der Waals surface area contributed by atoms with Crippen LogP contribution >= 0.6 is 23.4 Å². The van der Waals surface area contributed by atoms with E-state index in [-0.39, 0.29) is 40.8 Å². The third-order valence-corrected chi connectivity index (χ3v) is 7.56. The summed E-state index contributed by atoms with van der Waals surface area (Å²) in [6, 6.07) is 7.66. The fourth-order valence-electron chi connectivity index (χ4n) is 4.78. The van der Waals surface area contributed by atoms with E-state index in [9.17, 15) is 9.18 Å². The van der Waals surface area contributed by atoms with E-state index in [0.29, 0.717) is 5.25 Å². The fraction of sp³-hybridized carbons (Fsp3) is 0.450. The Labute approximate surface area is 178 Å². The maximum Gasteiger partial charge on any atom is 0.224 e. The van der Waals surface area contributed by atoms with Crippen LogP contribution in [0.25, 0.3) is 0 Å². The number of carbonyl (C=O) groups excluding carboxylic acids is 1. The molecule has 0 unspecified atom stereocenters. The van der Waals surface area contributed by atoms with Crippen molar-refractivity contribution in [3.8, 4) is 0 Å². The third kappa shape index (κ3) is 4.28. The highest BCUT2D eigenvalue weighted by molar-refractivity contribution is 7.99. The number of carbonyl (C=O) groups is 1. The van der Waals surface area contributed by atoms with Crippen LogP contribution in [0.1, 0.15) is 18.4 Å². The van der Waals surface area contributed by atoms with Crippen LogP contribution in [0.5, 0.6) is 0 Å². The van der Waals surface area contributed by atoms with Crippen molar-refractivity contribution < 1.29 is 9.18 Å². The first-order valence-electron chi connectivity index (χ1n) is 9.62. The van der Waals surface area contributed by atoms with Crippen LogP contribution in [0.3, 0.4) is 0 Å². The molecule has 1 heterocycles. The second-order valence-corrected chi connectivity index (χ2v) is 9.42. The molecule has 0 spiro atoms. The van der Waals surface area contributed by atoms with Gasteiger partial charge in [-0.25, -0.2) is 9.37 Å². The highest BCUT2D eigenvalue weighted by Gasteiger charge is 2.55. The van der Waals surface area contributed by atoms with Crippen LogP contribution < -0.4 is 16.8 Å². The Balaban J connectivity index is 1.44. The topological polar surface area (TPSA) is 107 Å². The number of hydrogen-bond acceptors (Lipinski definition) is 6. The molecule has 0 saturated heterocycles. The van der Waals surface area contributed by atoms with Gasteiger partial charge < -0.3 is 16.8 Å². The van der Waals surface area contributed by atoms with Crippen LogP contribution in [0.2, 0.25) is 5.28 Å². The number of nitrogens with zero attached hydrogens (tertiary/aromatic N) is 2. The van der Waals surface area contributed by atoms with Gasteiger partial charge in [-0.1, -0.05) is 12.1 Å². The smallest absolute Gasteiger partial charge is 0.224 e. The number of hydrogen-bond donors (Lipinski definition) is 3. The van der Waals surface area contributed by atoms with E-state index in [1.54, 1.807) is 0 Å². The van der Waals surface area contributed by atoms with Gasteiger partial charge in [0.1, 0.15) is 0 Å². The van der Waals surface area contributed by atoms with E-state index in [1.807, 2.05) is 30.0 Å². The molecule has 5 atom stereocenters. The molecule has 2 bridgehead atoms. The molecule has 1 amide bonds. The Bertz CT molecular complexity index is 916. The van der Waals surface area contributed by atoms with Crippen molar-refractivity contribution in [2.45, 2.75) is 30.6 Å². The number of amides is 1. The zero-order valence-electron chi connectivity index (χ0n) is 15.7. The number of nitrogen functional groups attached to an aromatic ring is 1. The van der Waals surface area contributed by atoms with Gasteiger partial charge in [0.25, 0.3) is 0 Å². The molecule has 0 radical (unpaired) electrons. The van der Waals surface area contributed by atoms with Crippen molar-refractivity contribution in [1.82, 2.24) is 9.97 Å². The van der Waals surface area contributed by atoms with E-state index in [0.717, 1.165) is 36.9 Å².